The van der Waals surface area contributed by atoms with Crippen molar-refractivity contribution in [1.29, 1.82) is 0 Å². The number of thiol groups is 1. The van der Waals surface area contributed by atoms with Crippen molar-refractivity contribution < 1.29 is 8.42 Å². The lowest BCUT2D eigenvalue weighted by Gasteiger charge is -2.02. The van der Waals surface area contributed by atoms with Gasteiger partial charge in [0.05, 0.1) is 6.20 Å². The van der Waals surface area contributed by atoms with E-state index >= 15 is 0 Å². The molecule has 2 aromatic carbocycles. The summed E-state index contributed by atoms with van der Waals surface area (Å²) in [7, 11) is 0. The van der Waals surface area contributed by atoms with Gasteiger partial charge in [0.15, 0.2) is 0 Å². The summed E-state index contributed by atoms with van der Waals surface area (Å²) in [6, 6.07) is 16.6. The zero-order chi connectivity index (χ0) is 20.9. The summed E-state index contributed by atoms with van der Waals surface area (Å²) < 4.78 is 5.52. The molecular weight excluding hydrogens is 422 g/mol. The molecule has 0 atom stereocenters. The molecule has 1 N–H and O–H groups in total. The molecule has 152 valence electrons. The van der Waals surface area contributed by atoms with Crippen molar-refractivity contribution >= 4 is 42.6 Å². The largest absolute Gasteiger partial charge is 0.350 e. The fraction of sp³-hybridized carbons (Fsp3) is 0.190. The second kappa shape index (κ2) is 13.3. The van der Waals surface area contributed by atoms with Gasteiger partial charge in [-0.3, -0.25) is 9.78 Å². The third-order valence-electron chi connectivity index (χ3n) is 3.50. The summed E-state index contributed by atoms with van der Waals surface area (Å²) in [5.74, 6) is 0.406. The van der Waals surface area contributed by atoms with Crippen LogP contribution in [0.3, 0.4) is 0 Å². The van der Waals surface area contributed by atoms with Gasteiger partial charge in [0, 0.05) is 58.6 Å². The number of aromatic nitrogens is 2. The van der Waals surface area contributed by atoms with Gasteiger partial charge in [-0.15, -0.1) is 0 Å². The highest BCUT2D eigenvalue weighted by molar-refractivity contribution is 8.07. The Morgan fingerprint density at radius 1 is 0.966 bits per heavy atom. The fourth-order valence-corrected chi connectivity index (χ4v) is 3.33. The molecule has 5 nitrogen and oxygen atoms in total. The maximum Gasteiger partial charge on any atom is 0.271 e. The quantitative estimate of drug-likeness (QED) is 0.386. The first kappa shape index (κ1) is 23.3. The molecule has 29 heavy (non-hydrogen) atoms. The van der Waals surface area contributed by atoms with Crippen LogP contribution in [-0.2, 0) is 3.63 Å². The van der Waals surface area contributed by atoms with Crippen LogP contribution in [0.25, 0.3) is 0 Å². The third kappa shape index (κ3) is 9.36. The Morgan fingerprint density at radius 3 is 1.97 bits per heavy atom. The van der Waals surface area contributed by atoms with Gasteiger partial charge in [-0.25, -0.2) is 8.61 Å². The molecule has 1 aromatic heterocycles. The number of aryl methyl sites for hydroxylation is 2. The molecular formula is C21H23N3O2S3. The molecule has 1 heterocycles. The molecule has 0 aliphatic carbocycles. The van der Waals surface area contributed by atoms with Crippen LogP contribution in [0.1, 0.15) is 21.6 Å². The summed E-state index contributed by atoms with van der Waals surface area (Å²) in [5.41, 5.74) is 2.86. The molecule has 8 heteroatoms. The maximum atomic E-state index is 11.2. The van der Waals surface area contributed by atoms with E-state index in [0.29, 0.717) is 18.0 Å². The second-order valence-corrected chi connectivity index (χ2v) is 8.20. The standard InChI is InChI=1S/C14H14OS2.C7H9N3OS/c1-11-3-7-13(8-4-11)16-15-17-14-9-5-12(2)6-10-14;11-7(10-3-4-12)6-5-8-1-2-9-6/h3-10H,1-2H3;1-2,5,12H,3-4H2,(H,10,11). The molecule has 0 aliphatic rings. The van der Waals surface area contributed by atoms with Gasteiger partial charge in [-0.05, 0) is 38.1 Å². The minimum Gasteiger partial charge on any atom is -0.350 e. The van der Waals surface area contributed by atoms with Gasteiger partial charge >= 0.3 is 0 Å². The van der Waals surface area contributed by atoms with E-state index in [4.69, 9.17) is 3.63 Å². The Labute approximate surface area is 185 Å². The number of nitrogens with one attached hydrogen (secondary N) is 1. The third-order valence-corrected chi connectivity index (χ3v) is 5.19. The van der Waals surface area contributed by atoms with Crippen molar-refractivity contribution in [2.24, 2.45) is 0 Å². The number of hydrogen-bond acceptors (Lipinski definition) is 7. The molecule has 0 aliphatic heterocycles. The molecule has 0 saturated carbocycles. The number of amides is 1. The Balaban J connectivity index is 0.000000221. The van der Waals surface area contributed by atoms with Gasteiger partial charge < -0.3 is 5.32 Å². The van der Waals surface area contributed by atoms with E-state index < -0.39 is 0 Å². The zero-order valence-corrected chi connectivity index (χ0v) is 18.8. The monoisotopic (exact) mass is 445 g/mol. The fourth-order valence-electron chi connectivity index (χ4n) is 1.96. The van der Waals surface area contributed by atoms with Crippen molar-refractivity contribution in [2.45, 2.75) is 23.6 Å². The van der Waals surface area contributed by atoms with E-state index in [2.05, 4.69) is 90.3 Å². The number of hydrogen-bond donors (Lipinski definition) is 2. The first-order valence-corrected chi connectivity index (χ1v) is 11.0. The average molecular weight is 446 g/mol. The predicted molar refractivity (Wildman–Crippen MR) is 123 cm³/mol. The van der Waals surface area contributed by atoms with Crippen molar-refractivity contribution in [3.05, 3.63) is 83.9 Å². The minimum absolute atomic E-state index is 0.211. The van der Waals surface area contributed by atoms with E-state index in [1.54, 1.807) is 0 Å². The smallest absolute Gasteiger partial charge is 0.271 e. The van der Waals surface area contributed by atoms with Crippen molar-refractivity contribution in [1.82, 2.24) is 15.3 Å². The highest BCUT2D eigenvalue weighted by Crippen LogP contribution is 2.29. The van der Waals surface area contributed by atoms with Crippen LogP contribution in [-0.4, -0.2) is 28.2 Å². The van der Waals surface area contributed by atoms with Crippen LogP contribution in [0.4, 0.5) is 0 Å². The number of benzene rings is 2. The van der Waals surface area contributed by atoms with E-state index in [1.807, 2.05) is 0 Å². The maximum absolute atomic E-state index is 11.2. The minimum atomic E-state index is -0.211. The Kier molecular flexibility index (Phi) is 10.6. The number of carbonyl (C=O) groups excluding carboxylic acids is 1. The topological polar surface area (TPSA) is 64.1 Å². The van der Waals surface area contributed by atoms with Crippen molar-refractivity contribution in [3.8, 4) is 0 Å². The average Bonchev–Trinajstić information content (AvgIpc) is 2.76. The predicted octanol–water partition coefficient (Wildman–Crippen LogP) is 5.17. The molecule has 0 radical (unpaired) electrons. The van der Waals surface area contributed by atoms with Crippen LogP contribution in [0.15, 0.2) is 76.9 Å². The van der Waals surface area contributed by atoms with Gasteiger partial charge in [0.25, 0.3) is 5.91 Å². The number of carbonyl (C=O) groups is 1. The molecule has 0 spiro atoms. The van der Waals surface area contributed by atoms with Crippen LogP contribution < -0.4 is 5.32 Å². The summed E-state index contributed by atoms with van der Waals surface area (Å²) in [4.78, 5) is 21.0. The lowest BCUT2D eigenvalue weighted by molar-refractivity contribution is 0.0951. The molecule has 3 rings (SSSR count). The van der Waals surface area contributed by atoms with Gasteiger partial charge in [-0.1, -0.05) is 35.4 Å². The van der Waals surface area contributed by atoms with E-state index in [0.717, 1.165) is 9.79 Å². The molecule has 0 fully saturated rings. The van der Waals surface area contributed by atoms with Crippen LogP contribution >= 0.6 is 36.7 Å². The first-order chi connectivity index (χ1) is 14.1. The van der Waals surface area contributed by atoms with Crippen LogP contribution in [0, 0.1) is 13.8 Å². The van der Waals surface area contributed by atoms with Crippen molar-refractivity contribution in [3.63, 3.8) is 0 Å². The molecule has 0 saturated heterocycles. The second-order valence-electron chi connectivity index (χ2n) is 5.93. The lowest BCUT2D eigenvalue weighted by atomic mass is 10.2. The van der Waals surface area contributed by atoms with Crippen molar-refractivity contribution in [2.75, 3.05) is 12.3 Å². The Morgan fingerprint density at radius 2 is 1.52 bits per heavy atom. The summed E-state index contributed by atoms with van der Waals surface area (Å²) in [6.45, 7) is 4.70. The van der Waals surface area contributed by atoms with Gasteiger partial charge in [0.1, 0.15) is 5.69 Å². The molecule has 0 unspecified atom stereocenters. The SMILES string of the molecule is Cc1ccc(SOSc2ccc(C)cc2)cc1.O=C(NCCS)c1cnccn1. The Hall–Kier alpha value is -2.00. The summed E-state index contributed by atoms with van der Waals surface area (Å²) in [6.07, 6.45) is 4.43. The van der Waals surface area contributed by atoms with Gasteiger partial charge in [-0.2, -0.15) is 12.6 Å². The number of rotatable bonds is 7. The molecule has 0 bridgehead atoms. The molecule has 1 amide bonds. The Bertz CT molecular complexity index is 815. The highest BCUT2D eigenvalue weighted by Gasteiger charge is 2.04. The molecule has 3 aromatic rings. The lowest BCUT2D eigenvalue weighted by Crippen LogP contribution is -2.26. The highest BCUT2D eigenvalue weighted by atomic mass is 32.2. The first-order valence-electron chi connectivity index (χ1n) is 8.88. The normalized spacial score (nSPS) is 10.0. The van der Waals surface area contributed by atoms with Crippen LogP contribution in [0.5, 0.6) is 0 Å². The van der Waals surface area contributed by atoms with E-state index in [-0.39, 0.29) is 5.91 Å². The van der Waals surface area contributed by atoms with Gasteiger partial charge in [0.2, 0.25) is 0 Å². The number of nitrogens with zero attached hydrogens (tertiary/aromatic N) is 2. The summed E-state index contributed by atoms with van der Waals surface area (Å²) in [5, 5.41) is 2.63. The summed E-state index contributed by atoms with van der Waals surface area (Å²) >= 11 is 6.74. The zero-order valence-electron chi connectivity index (χ0n) is 16.2. The van der Waals surface area contributed by atoms with E-state index in [9.17, 15) is 4.79 Å². The van der Waals surface area contributed by atoms with Crippen LogP contribution in [0.2, 0.25) is 0 Å². The van der Waals surface area contributed by atoms with E-state index in [1.165, 1.54) is 53.8 Å².